The second kappa shape index (κ2) is 5.57. The zero-order valence-electron chi connectivity index (χ0n) is 14.7. The van der Waals surface area contributed by atoms with Crippen molar-refractivity contribution in [3.63, 3.8) is 0 Å². The molecule has 2 atom stereocenters. The van der Waals surface area contributed by atoms with Crippen LogP contribution in [-0.2, 0) is 9.84 Å². The van der Waals surface area contributed by atoms with Gasteiger partial charge in [-0.05, 0) is 33.0 Å². The van der Waals surface area contributed by atoms with E-state index in [0.717, 1.165) is 16.5 Å². The number of aryl methyl sites for hydroxylation is 2. The molecule has 2 aliphatic rings. The van der Waals surface area contributed by atoms with Crippen molar-refractivity contribution in [1.29, 1.82) is 0 Å². The molecule has 4 rings (SSSR count). The number of nitrogens with zero attached hydrogens (tertiary/aromatic N) is 2. The number of likely N-dealkylation sites (N-methyl/N-ethyl adjacent to an activating group) is 1. The van der Waals surface area contributed by atoms with Crippen LogP contribution in [0.25, 0.3) is 11.0 Å². The molecule has 0 unspecified atom stereocenters. The summed E-state index contributed by atoms with van der Waals surface area (Å²) in [5, 5.41) is 0.938. The maximum atomic E-state index is 13.2. The summed E-state index contributed by atoms with van der Waals surface area (Å²) in [5.41, 5.74) is 2.62. The molecular formula is C18H22N2O4S. The maximum Gasteiger partial charge on any atom is 0.290 e. The van der Waals surface area contributed by atoms with Crippen molar-refractivity contribution in [3.8, 4) is 0 Å². The molecule has 134 valence electrons. The van der Waals surface area contributed by atoms with Crippen molar-refractivity contribution in [1.82, 2.24) is 9.80 Å². The fraction of sp³-hybridized carbons (Fsp3) is 0.500. The highest BCUT2D eigenvalue weighted by Gasteiger charge is 2.47. The third-order valence-corrected chi connectivity index (χ3v) is 7.20. The summed E-state index contributed by atoms with van der Waals surface area (Å²) in [6.07, 6.45) is 0. The number of fused-ring (bicyclic) bond motifs is 2. The molecule has 0 bridgehead atoms. The number of hydrogen-bond donors (Lipinski definition) is 0. The molecule has 2 saturated heterocycles. The SMILES string of the molecule is Cc1ccc2oc(C(=O)N3CCN(C)[C@@H]4CS(=O)(=O)C[C@@H]43)c(C)c2c1. The summed E-state index contributed by atoms with van der Waals surface area (Å²) in [4.78, 5) is 16.9. The van der Waals surface area contributed by atoms with Gasteiger partial charge in [-0.25, -0.2) is 8.42 Å². The first-order valence-electron chi connectivity index (χ1n) is 8.48. The van der Waals surface area contributed by atoms with Gasteiger partial charge in [0.15, 0.2) is 15.6 Å². The topological polar surface area (TPSA) is 70.8 Å². The van der Waals surface area contributed by atoms with Crippen LogP contribution < -0.4 is 0 Å². The van der Waals surface area contributed by atoms with Gasteiger partial charge >= 0.3 is 0 Å². The van der Waals surface area contributed by atoms with Crippen molar-refractivity contribution < 1.29 is 17.6 Å². The van der Waals surface area contributed by atoms with E-state index in [1.807, 2.05) is 44.0 Å². The molecule has 3 heterocycles. The van der Waals surface area contributed by atoms with Crippen molar-refractivity contribution in [3.05, 3.63) is 35.1 Å². The number of benzene rings is 1. The summed E-state index contributed by atoms with van der Waals surface area (Å²) in [7, 11) is -1.19. The van der Waals surface area contributed by atoms with E-state index in [0.29, 0.717) is 24.4 Å². The highest BCUT2D eigenvalue weighted by Crippen LogP contribution is 2.31. The molecule has 1 aromatic heterocycles. The third-order valence-electron chi connectivity index (χ3n) is 5.50. The van der Waals surface area contributed by atoms with Gasteiger partial charge in [0.2, 0.25) is 0 Å². The fourth-order valence-electron chi connectivity index (χ4n) is 4.05. The first-order chi connectivity index (χ1) is 11.8. The van der Waals surface area contributed by atoms with Gasteiger partial charge in [-0.15, -0.1) is 0 Å². The number of amides is 1. The summed E-state index contributed by atoms with van der Waals surface area (Å²) in [6.45, 7) is 5.07. The quantitative estimate of drug-likeness (QED) is 0.771. The number of carbonyl (C=O) groups excluding carboxylic acids is 1. The average molecular weight is 362 g/mol. The molecule has 0 spiro atoms. The normalized spacial score (nSPS) is 26.1. The Morgan fingerprint density at radius 3 is 2.64 bits per heavy atom. The Morgan fingerprint density at radius 1 is 1.16 bits per heavy atom. The van der Waals surface area contributed by atoms with Gasteiger partial charge in [0.05, 0.1) is 17.5 Å². The highest BCUT2D eigenvalue weighted by molar-refractivity contribution is 7.91. The average Bonchev–Trinajstić information content (AvgIpc) is 3.04. The molecule has 0 saturated carbocycles. The highest BCUT2D eigenvalue weighted by atomic mass is 32.2. The summed E-state index contributed by atoms with van der Waals surface area (Å²) < 4.78 is 30.1. The van der Waals surface area contributed by atoms with E-state index in [4.69, 9.17) is 4.42 Å². The van der Waals surface area contributed by atoms with Gasteiger partial charge in [0.1, 0.15) is 5.58 Å². The Kier molecular flexibility index (Phi) is 3.70. The molecule has 2 fully saturated rings. The number of furan rings is 1. The van der Waals surface area contributed by atoms with Crippen LogP contribution in [0, 0.1) is 13.8 Å². The van der Waals surface area contributed by atoms with Gasteiger partial charge in [0.25, 0.3) is 5.91 Å². The molecule has 2 aromatic rings. The smallest absolute Gasteiger partial charge is 0.290 e. The minimum Gasteiger partial charge on any atom is -0.451 e. The van der Waals surface area contributed by atoms with E-state index in [1.54, 1.807) is 4.90 Å². The third kappa shape index (κ3) is 2.66. The minimum absolute atomic E-state index is 0.0339. The van der Waals surface area contributed by atoms with Crippen LogP contribution in [0.1, 0.15) is 21.7 Å². The predicted octanol–water partition coefficient (Wildman–Crippen LogP) is 1.60. The standard InChI is InChI=1S/C18H22N2O4S/c1-11-4-5-16-13(8-11)12(2)17(24-16)18(21)20-7-6-19(3)14-9-25(22,23)10-15(14)20/h4-5,8,14-15H,6-7,9-10H2,1-3H3/t14-,15+/m1/s1. The van der Waals surface area contributed by atoms with Crippen molar-refractivity contribution in [2.45, 2.75) is 25.9 Å². The van der Waals surface area contributed by atoms with E-state index < -0.39 is 9.84 Å². The van der Waals surface area contributed by atoms with E-state index in [1.165, 1.54) is 0 Å². The van der Waals surface area contributed by atoms with E-state index in [2.05, 4.69) is 0 Å². The lowest BCUT2D eigenvalue weighted by molar-refractivity contribution is 0.0383. The van der Waals surface area contributed by atoms with Crippen LogP contribution in [0.4, 0.5) is 0 Å². The number of hydrogen-bond acceptors (Lipinski definition) is 5. The molecule has 0 N–H and O–H groups in total. The number of sulfone groups is 1. The Balaban J connectivity index is 1.72. The summed E-state index contributed by atoms with van der Waals surface area (Å²) in [5.74, 6) is 0.280. The minimum atomic E-state index is -3.12. The monoisotopic (exact) mass is 362 g/mol. The fourth-order valence-corrected chi connectivity index (χ4v) is 6.10. The molecule has 0 radical (unpaired) electrons. The first kappa shape index (κ1) is 16.6. The van der Waals surface area contributed by atoms with Crippen LogP contribution in [0.15, 0.2) is 22.6 Å². The van der Waals surface area contributed by atoms with E-state index in [-0.39, 0.29) is 29.5 Å². The van der Waals surface area contributed by atoms with Gasteiger partial charge in [-0.3, -0.25) is 9.69 Å². The second-order valence-electron chi connectivity index (χ2n) is 7.25. The first-order valence-corrected chi connectivity index (χ1v) is 10.3. The molecule has 2 aliphatic heterocycles. The largest absolute Gasteiger partial charge is 0.451 e. The van der Waals surface area contributed by atoms with Gasteiger partial charge < -0.3 is 9.32 Å². The zero-order chi connectivity index (χ0) is 17.9. The zero-order valence-corrected chi connectivity index (χ0v) is 15.5. The summed E-state index contributed by atoms with van der Waals surface area (Å²) >= 11 is 0. The van der Waals surface area contributed by atoms with Crippen molar-refractivity contribution in [2.24, 2.45) is 0 Å². The Labute approximate surface area is 147 Å². The molecule has 1 aromatic carbocycles. The van der Waals surface area contributed by atoms with Gasteiger partial charge in [-0.2, -0.15) is 0 Å². The number of piperazine rings is 1. The van der Waals surface area contributed by atoms with Gasteiger partial charge in [-0.1, -0.05) is 11.6 Å². The lowest BCUT2D eigenvalue weighted by Crippen LogP contribution is -2.59. The summed E-state index contributed by atoms with van der Waals surface area (Å²) in [6, 6.07) is 5.41. The van der Waals surface area contributed by atoms with Crippen molar-refractivity contribution >= 4 is 26.7 Å². The Morgan fingerprint density at radius 2 is 1.88 bits per heavy atom. The Hall–Kier alpha value is -1.86. The van der Waals surface area contributed by atoms with Crippen LogP contribution in [0.5, 0.6) is 0 Å². The lowest BCUT2D eigenvalue weighted by Gasteiger charge is -2.41. The number of carbonyl (C=O) groups is 1. The Bertz CT molecular complexity index is 963. The van der Waals surface area contributed by atoms with Crippen LogP contribution in [0.2, 0.25) is 0 Å². The van der Waals surface area contributed by atoms with Crippen LogP contribution in [-0.4, -0.2) is 67.9 Å². The maximum absolute atomic E-state index is 13.2. The molecule has 6 nitrogen and oxygen atoms in total. The predicted molar refractivity (Wildman–Crippen MR) is 95.6 cm³/mol. The van der Waals surface area contributed by atoms with E-state index in [9.17, 15) is 13.2 Å². The van der Waals surface area contributed by atoms with Crippen molar-refractivity contribution in [2.75, 3.05) is 31.6 Å². The molecule has 0 aliphatic carbocycles. The lowest BCUT2D eigenvalue weighted by atomic mass is 10.0. The molecular weight excluding hydrogens is 340 g/mol. The molecule has 1 amide bonds. The van der Waals surface area contributed by atoms with Crippen LogP contribution in [0.3, 0.4) is 0 Å². The van der Waals surface area contributed by atoms with Crippen LogP contribution >= 0.6 is 0 Å². The van der Waals surface area contributed by atoms with E-state index >= 15 is 0 Å². The number of rotatable bonds is 1. The molecule has 7 heteroatoms. The molecule has 25 heavy (non-hydrogen) atoms. The van der Waals surface area contributed by atoms with Gasteiger partial charge in [0, 0.05) is 30.1 Å². The second-order valence-corrected chi connectivity index (χ2v) is 9.40.